The molecule has 1 aromatic carbocycles. The average molecular weight is 271 g/mol. The quantitative estimate of drug-likeness (QED) is 0.924. The van der Waals surface area contributed by atoms with Crippen molar-refractivity contribution in [2.45, 2.75) is 38.6 Å². The van der Waals surface area contributed by atoms with E-state index < -0.39 is 0 Å². The second-order valence-corrected chi connectivity index (χ2v) is 5.40. The van der Waals surface area contributed by atoms with Gasteiger partial charge in [0.15, 0.2) is 0 Å². The third-order valence-electron chi connectivity index (χ3n) is 3.99. The molecule has 0 unspecified atom stereocenters. The fourth-order valence-electron chi connectivity index (χ4n) is 2.88. The van der Waals surface area contributed by atoms with E-state index in [9.17, 15) is 0 Å². The molecule has 1 heterocycles. The maximum atomic E-state index is 5.31. The Balaban J connectivity index is 1.86. The monoisotopic (exact) mass is 271 g/mol. The van der Waals surface area contributed by atoms with Crippen molar-refractivity contribution in [1.82, 2.24) is 9.55 Å². The molecular formula is C16H21N3O. The van der Waals surface area contributed by atoms with Crippen molar-refractivity contribution < 1.29 is 4.74 Å². The van der Waals surface area contributed by atoms with Gasteiger partial charge < -0.3 is 10.1 Å². The Morgan fingerprint density at radius 3 is 2.80 bits per heavy atom. The van der Waals surface area contributed by atoms with Crippen molar-refractivity contribution in [3.8, 4) is 11.4 Å². The van der Waals surface area contributed by atoms with Crippen LogP contribution in [0.15, 0.2) is 30.6 Å². The molecule has 0 spiro atoms. The molecule has 106 valence electrons. The van der Waals surface area contributed by atoms with Gasteiger partial charge in [-0.15, -0.1) is 0 Å². The van der Waals surface area contributed by atoms with E-state index in [2.05, 4.69) is 33.9 Å². The molecule has 4 nitrogen and oxygen atoms in total. The predicted molar refractivity (Wildman–Crippen MR) is 80.7 cm³/mol. The van der Waals surface area contributed by atoms with Crippen molar-refractivity contribution in [3.05, 3.63) is 36.2 Å². The number of imidazole rings is 1. The lowest BCUT2D eigenvalue weighted by molar-refractivity contribution is 0.411. The number of hydrogen-bond donors (Lipinski definition) is 1. The van der Waals surface area contributed by atoms with Crippen LogP contribution in [0, 0.1) is 6.92 Å². The van der Waals surface area contributed by atoms with Crippen LogP contribution in [0.2, 0.25) is 0 Å². The Morgan fingerprint density at radius 2 is 2.10 bits per heavy atom. The van der Waals surface area contributed by atoms with E-state index in [0.29, 0.717) is 6.04 Å². The van der Waals surface area contributed by atoms with E-state index >= 15 is 0 Å². The van der Waals surface area contributed by atoms with Crippen molar-refractivity contribution in [2.24, 2.45) is 0 Å². The number of hydrogen-bond acceptors (Lipinski definition) is 3. The van der Waals surface area contributed by atoms with Crippen molar-refractivity contribution in [2.75, 3.05) is 12.4 Å². The minimum atomic E-state index is 0.565. The lowest BCUT2D eigenvalue weighted by Crippen LogP contribution is -2.17. The summed E-state index contributed by atoms with van der Waals surface area (Å²) in [6.45, 7) is 2.06. The normalized spacial score (nSPS) is 15.5. The van der Waals surface area contributed by atoms with Crippen LogP contribution in [0.4, 0.5) is 5.95 Å². The van der Waals surface area contributed by atoms with Crippen LogP contribution < -0.4 is 10.1 Å². The maximum absolute atomic E-state index is 5.31. The molecule has 3 rings (SSSR count). The van der Waals surface area contributed by atoms with Gasteiger partial charge in [0.05, 0.1) is 7.11 Å². The number of benzene rings is 1. The zero-order valence-corrected chi connectivity index (χ0v) is 12.1. The van der Waals surface area contributed by atoms with Gasteiger partial charge in [0, 0.05) is 24.1 Å². The molecule has 1 aliphatic carbocycles. The Kier molecular flexibility index (Phi) is 3.63. The summed E-state index contributed by atoms with van der Waals surface area (Å²) in [7, 11) is 1.70. The Bertz CT molecular complexity index is 585. The molecule has 1 aromatic heterocycles. The first-order valence-corrected chi connectivity index (χ1v) is 7.23. The highest BCUT2D eigenvalue weighted by Gasteiger charge is 2.17. The Hall–Kier alpha value is -1.97. The third-order valence-corrected chi connectivity index (χ3v) is 3.99. The lowest BCUT2D eigenvalue weighted by Gasteiger charge is -2.15. The zero-order chi connectivity index (χ0) is 13.9. The first-order chi connectivity index (χ1) is 9.78. The summed E-state index contributed by atoms with van der Waals surface area (Å²) in [6, 6.07) is 6.76. The number of aryl methyl sites for hydroxylation is 1. The van der Waals surface area contributed by atoms with Crippen LogP contribution in [-0.2, 0) is 0 Å². The molecule has 0 saturated heterocycles. The van der Waals surface area contributed by atoms with Crippen molar-refractivity contribution >= 4 is 5.95 Å². The van der Waals surface area contributed by atoms with Crippen LogP contribution in [0.25, 0.3) is 5.69 Å². The largest absolute Gasteiger partial charge is 0.496 e. The number of ether oxygens (including phenoxy) is 1. The van der Waals surface area contributed by atoms with E-state index in [1.807, 2.05) is 18.5 Å². The highest BCUT2D eigenvalue weighted by atomic mass is 16.5. The molecule has 1 aliphatic rings. The summed E-state index contributed by atoms with van der Waals surface area (Å²) < 4.78 is 7.42. The van der Waals surface area contributed by atoms with Gasteiger partial charge in [-0.25, -0.2) is 4.98 Å². The molecule has 2 aromatic rings. The molecule has 4 heteroatoms. The molecule has 1 saturated carbocycles. The van der Waals surface area contributed by atoms with Crippen molar-refractivity contribution in [3.63, 3.8) is 0 Å². The summed E-state index contributed by atoms with van der Waals surface area (Å²) in [4.78, 5) is 4.45. The summed E-state index contributed by atoms with van der Waals surface area (Å²) in [5.74, 6) is 1.85. The van der Waals surface area contributed by atoms with Gasteiger partial charge in [-0.1, -0.05) is 12.8 Å². The summed E-state index contributed by atoms with van der Waals surface area (Å²) in [6.07, 6.45) is 8.97. The number of anilines is 1. The van der Waals surface area contributed by atoms with Crippen molar-refractivity contribution in [1.29, 1.82) is 0 Å². The molecule has 0 atom stereocenters. The van der Waals surface area contributed by atoms with Crippen LogP contribution >= 0.6 is 0 Å². The molecule has 0 bridgehead atoms. The molecule has 0 aliphatic heterocycles. The second kappa shape index (κ2) is 5.57. The van der Waals surface area contributed by atoms with E-state index in [4.69, 9.17) is 4.74 Å². The number of nitrogens with zero attached hydrogens (tertiary/aromatic N) is 2. The smallest absolute Gasteiger partial charge is 0.207 e. The van der Waals surface area contributed by atoms with Gasteiger partial charge in [-0.05, 0) is 43.5 Å². The molecular weight excluding hydrogens is 250 g/mol. The van der Waals surface area contributed by atoms with E-state index in [1.54, 1.807) is 7.11 Å². The first kappa shape index (κ1) is 13.0. The van der Waals surface area contributed by atoms with Crippen LogP contribution in [0.5, 0.6) is 5.75 Å². The van der Waals surface area contributed by atoms with Crippen LogP contribution in [-0.4, -0.2) is 22.7 Å². The highest BCUT2D eigenvalue weighted by molar-refractivity contribution is 5.48. The summed E-state index contributed by atoms with van der Waals surface area (Å²) in [5.41, 5.74) is 2.24. The van der Waals surface area contributed by atoms with Gasteiger partial charge in [-0.3, -0.25) is 4.57 Å². The third kappa shape index (κ3) is 2.50. The van der Waals surface area contributed by atoms with E-state index in [-0.39, 0.29) is 0 Å². The second-order valence-electron chi connectivity index (χ2n) is 5.40. The fraction of sp³-hybridized carbons (Fsp3) is 0.438. The SMILES string of the molecule is COc1ccc(-n2ccnc2NC2CCCC2)cc1C. The molecule has 0 amide bonds. The van der Waals surface area contributed by atoms with E-state index in [1.165, 1.54) is 25.7 Å². The standard InChI is InChI=1S/C16H21N3O/c1-12-11-14(7-8-15(12)20-2)19-10-9-17-16(19)18-13-5-3-4-6-13/h7-11,13H,3-6H2,1-2H3,(H,17,18). The van der Waals surface area contributed by atoms with Gasteiger partial charge in [0.25, 0.3) is 0 Å². The number of rotatable bonds is 4. The fourth-order valence-corrected chi connectivity index (χ4v) is 2.88. The molecule has 20 heavy (non-hydrogen) atoms. The first-order valence-electron chi connectivity index (χ1n) is 7.23. The van der Waals surface area contributed by atoms with Gasteiger partial charge in [-0.2, -0.15) is 0 Å². The topological polar surface area (TPSA) is 39.1 Å². The zero-order valence-electron chi connectivity index (χ0n) is 12.1. The lowest BCUT2D eigenvalue weighted by atomic mass is 10.2. The Labute approximate surface area is 119 Å². The molecule has 0 radical (unpaired) electrons. The predicted octanol–water partition coefficient (Wildman–Crippen LogP) is 3.54. The van der Waals surface area contributed by atoms with Gasteiger partial charge >= 0.3 is 0 Å². The van der Waals surface area contributed by atoms with Crippen LogP contribution in [0.1, 0.15) is 31.2 Å². The maximum Gasteiger partial charge on any atom is 0.207 e. The molecule has 1 N–H and O–H groups in total. The highest BCUT2D eigenvalue weighted by Crippen LogP contribution is 2.25. The van der Waals surface area contributed by atoms with E-state index in [0.717, 1.165) is 22.9 Å². The van der Waals surface area contributed by atoms with Gasteiger partial charge in [0.2, 0.25) is 5.95 Å². The summed E-state index contributed by atoms with van der Waals surface area (Å²) >= 11 is 0. The number of methoxy groups -OCH3 is 1. The minimum Gasteiger partial charge on any atom is -0.496 e. The Morgan fingerprint density at radius 1 is 1.30 bits per heavy atom. The summed E-state index contributed by atoms with van der Waals surface area (Å²) in [5, 5.41) is 3.56. The van der Waals surface area contributed by atoms with Crippen LogP contribution in [0.3, 0.4) is 0 Å². The minimum absolute atomic E-state index is 0.565. The average Bonchev–Trinajstić information content (AvgIpc) is 3.11. The van der Waals surface area contributed by atoms with Gasteiger partial charge in [0.1, 0.15) is 5.75 Å². The molecule has 1 fully saturated rings. The number of nitrogens with one attached hydrogen (secondary N) is 1. The number of aromatic nitrogens is 2.